The molecule has 1 aromatic carbocycles. The number of rotatable bonds is 6. The summed E-state index contributed by atoms with van der Waals surface area (Å²) in [6, 6.07) is 3.27. The van der Waals surface area contributed by atoms with Crippen LogP contribution in [-0.2, 0) is 0 Å². The van der Waals surface area contributed by atoms with E-state index in [0.29, 0.717) is 17.0 Å². The maximum atomic E-state index is 14.2. The molecule has 1 aromatic rings. The number of amidine groups is 1. The van der Waals surface area contributed by atoms with E-state index in [0.717, 1.165) is 41.1 Å². The molecule has 4 nitrogen and oxygen atoms in total. The van der Waals surface area contributed by atoms with E-state index >= 15 is 0 Å². The number of aryl methyl sites for hydroxylation is 1. The summed E-state index contributed by atoms with van der Waals surface area (Å²) in [5, 5.41) is 6.24. The van der Waals surface area contributed by atoms with Crippen LogP contribution in [0.1, 0.15) is 37.0 Å². The van der Waals surface area contributed by atoms with Crippen LogP contribution in [-0.4, -0.2) is 42.6 Å². The average Bonchev–Trinajstić information content (AvgIpc) is 2.69. The van der Waals surface area contributed by atoms with Crippen molar-refractivity contribution < 1.29 is 4.39 Å². The maximum absolute atomic E-state index is 14.2. The minimum atomic E-state index is -0.255. The van der Waals surface area contributed by atoms with Crippen LogP contribution < -0.4 is 0 Å². The van der Waals surface area contributed by atoms with Crippen molar-refractivity contribution in [3.63, 3.8) is 0 Å². The molecule has 2 rings (SSSR count). The van der Waals surface area contributed by atoms with E-state index in [1.165, 1.54) is 6.07 Å². The fourth-order valence-corrected chi connectivity index (χ4v) is 3.25. The van der Waals surface area contributed by atoms with Crippen molar-refractivity contribution in [2.45, 2.75) is 34.1 Å². The molecule has 0 saturated heterocycles. The van der Waals surface area contributed by atoms with Gasteiger partial charge in [-0.05, 0) is 50.0 Å². The highest BCUT2D eigenvalue weighted by molar-refractivity contribution is 6.03. The molecule has 0 fully saturated rings. The van der Waals surface area contributed by atoms with E-state index in [2.05, 4.69) is 35.1 Å². The molecular formula is C24H31FN4. The molecule has 0 aromatic heterocycles. The molecule has 0 bridgehead atoms. The van der Waals surface area contributed by atoms with Gasteiger partial charge in [0.15, 0.2) is 5.84 Å². The number of benzene rings is 1. The summed E-state index contributed by atoms with van der Waals surface area (Å²) in [7, 11) is 3.74. The summed E-state index contributed by atoms with van der Waals surface area (Å²) < 4.78 is 14.2. The molecular weight excluding hydrogens is 363 g/mol. The summed E-state index contributed by atoms with van der Waals surface area (Å²) >= 11 is 0. The van der Waals surface area contributed by atoms with Gasteiger partial charge in [0, 0.05) is 31.8 Å². The first-order valence-corrected chi connectivity index (χ1v) is 9.78. The normalized spacial score (nSPS) is 14.9. The average molecular weight is 395 g/mol. The summed E-state index contributed by atoms with van der Waals surface area (Å²) in [6.45, 7) is 17.3. The zero-order chi connectivity index (χ0) is 21.7. The molecule has 0 unspecified atom stereocenters. The van der Waals surface area contributed by atoms with Gasteiger partial charge in [-0.3, -0.25) is 4.99 Å². The van der Waals surface area contributed by atoms with Gasteiger partial charge in [-0.25, -0.2) is 9.40 Å². The van der Waals surface area contributed by atoms with Crippen LogP contribution in [0, 0.1) is 19.7 Å². The standard InChI is InChI=1S/C24H31FN4/c1-9-14-28(8)23-15-27-29(20(6)19(23)5)24(26-7)17(3)10-12-21-18(4)16(2)11-13-22(21)25/h10-13,15H,3,6,9,14H2,1-2,4-5,7-8H3/b12-10-,26-24?. The van der Waals surface area contributed by atoms with Crippen molar-refractivity contribution in [1.82, 2.24) is 9.91 Å². The molecule has 0 spiro atoms. The first-order valence-electron chi connectivity index (χ1n) is 9.78. The Bertz CT molecular complexity index is 934. The van der Waals surface area contributed by atoms with Gasteiger partial charge in [0.2, 0.25) is 0 Å². The Kier molecular flexibility index (Phi) is 7.32. The predicted molar refractivity (Wildman–Crippen MR) is 122 cm³/mol. The molecule has 1 aliphatic rings. The molecule has 29 heavy (non-hydrogen) atoms. The zero-order valence-electron chi connectivity index (χ0n) is 18.4. The fourth-order valence-electron chi connectivity index (χ4n) is 3.25. The second-order valence-corrected chi connectivity index (χ2v) is 7.24. The first kappa shape index (κ1) is 22.3. The third kappa shape index (κ3) is 4.73. The molecule has 0 saturated carbocycles. The summed E-state index contributed by atoms with van der Waals surface area (Å²) in [5.41, 5.74) is 5.97. The number of allylic oxidation sites excluding steroid dienone is 2. The lowest BCUT2D eigenvalue weighted by molar-refractivity contribution is 0.423. The smallest absolute Gasteiger partial charge is 0.155 e. The Morgan fingerprint density at radius 3 is 2.62 bits per heavy atom. The molecule has 0 radical (unpaired) electrons. The molecule has 0 atom stereocenters. The van der Waals surface area contributed by atoms with Crippen LogP contribution in [0.25, 0.3) is 6.08 Å². The second-order valence-electron chi connectivity index (χ2n) is 7.24. The van der Waals surface area contributed by atoms with Gasteiger partial charge >= 0.3 is 0 Å². The van der Waals surface area contributed by atoms with E-state index in [4.69, 9.17) is 0 Å². The van der Waals surface area contributed by atoms with Gasteiger partial charge in [0.25, 0.3) is 0 Å². The van der Waals surface area contributed by atoms with Crippen molar-refractivity contribution in [2.75, 3.05) is 20.6 Å². The van der Waals surface area contributed by atoms with E-state index in [1.807, 2.05) is 34.0 Å². The maximum Gasteiger partial charge on any atom is 0.155 e. The van der Waals surface area contributed by atoms with Gasteiger partial charge in [0.05, 0.1) is 17.6 Å². The Hall–Kier alpha value is -2.95. The molecule has 1 aliphatic heterocycles. The van der Waals surface area contributed by atoms with Crippen LogP contribution in [0.2, 0.25) is 0 Å². The third-order valence-corrected chi connectivity index (χ3v) is 5.22. The minimum Gasteiger partial charge on any atom is -0.373 e. The monoisotopic (exact) mass is 394 g/mol. The third-order valence-electron chi connectivity index (χ3n) is 5.22. The number of aliphatic imine (C=N–C) groups is 1. The zero-order valence-corrected chi connectivity index (χ0v) is 18.4. The lowest BCUT2D eigenvalue weighted by Crippen LogP contribution is -2.32. The highest BCUT2D eigenvalue weighted by Crippen LogP contribution is 2.26. The van der Waals surface area contributed by atoms with E-state index < -0.39 is 0 Å². The number of halogens is 1. The molecule has 154 valence electrons. The van der Waals surface area contributed by atoms with Crippen LogP contribution in [0.4, 0.5) is 4.39 Å². The van der Waals surface area contributed by atoms with E-state index in [9.17, 15) is 4.39 Å². The quantitative estimate of drug-likeness (QED) is 0.364. The Morgan fingerprint density at radius 2 is 2.00 bits per heavy atom. The van der Waals surface area contributed by atoms with Gasteiger partial charge in [0.1, 0.15) is 5.82 Å². The van der Waals surface area contributed by atoms with Crippen molar-refractivity contribution >= 4 is 18.1 Å². The molecule has 5 heteroatoms. The number of hydrazone groups is 1. The van der Waals surface area contributed by atoms with Crippen molar-refractivity contribution in [2.24, 2.45) is 10.1 Å². The topological polar surface area (TPSA) is 31.2 Å². The molecule has 0 amide bonds. The summed E-state index contributed by atoms with van der Waals surface area (Å²) in [6.07, 6.45) is 6.39. The predicted octanol–water partition coefficient (Wildman–Crippen LogP) is 5.47. The van der Waals surface area contributed by atoms with E-state index in [-0.39, 0.29) is 5.82 Å². The number of nitrogens with zero attached hydrogens (tertiary/aromatic N) is 4. The summed E-state index contributed by atoms with van der Waals surface area (Å²) in [5.74, 6) is 0.319. The lowest BCUT2D eigenvalue weighted by Gasteiger charge is -2.31. The van der Waals surface area contributed by atoms with Crippen molar-refractivity contribution in [3.8, 4) is 0 Å². The van der Waals surface area contributed by atoms with Crippen LogP contribution in [0.5, 0.6) is 0 Å². The molecule has 1 heterocycles. The van der Waals surface area contributed by atoms with Crippen molar-refractivity contribution in [3.05, 3.63) is 76.4 Å². The van der Waals surface area contributed by atoms with Crippen LogP contribution in [0.3, 0.4) is 0 Å². The summed E-state index contributed by atoms with van der Waals surface area (Å²) in [4.78, 5) is 6.53. The highest BCUT2D eigenvalue weighted by atomic mass is 19.1. The largest absolute Gasteiger partial charge is 0.373 e. The van der Waals surface area contributed by atoms with Gasteiger partial charge < -0.3 is 4.90 Å². The Labute approximate surface area is 174 Å². The first-order chi connectivity index (χ1) is 13.7. The fraction of sp³-hybridized carbons (Fsp3) is 0.333. The van der Waals surface area contributed by atoms with Crippen molar-refractivity contribution in [1.29, 1.82) is 0 Å². The van der Waals surface area contributed by atoms with Gasteiger partial charge in [-0.1, -0.05) is 38.3 Å². The van der Waals surface area contributed by atoms with E-state index in [1.54, 1.807) is 30.3 Å². The molecule has 0 N–H and O–H groups in total. The van der Waals surface area contributed by atoms with Gasteiger partial charge in [-0.15, -0.1) is 0 Å². The Morgan fingerprint density at radius 1 is 1.31 bits per heavy atom. The molecule has 0 aliphatic carbocycles. The highest BCUT2D eigenvalue weighted by Gasteiger charge is 2.23. The SMILES string of the molecule is C=C(/C=C\c1c(F)ccc(C)c1C)C(=NC)N1N=CC(N(C)CCC)=C(C)C1=C. The lowest BCUT2D eigenvalue weighted by atomic mass is 10.0. The van der Waals surface area contributed by atoms with Gasteiger partial charge in [-0.2, -0.15) is 5.10 Å². The minimum absolute atomic E-state index is 0.255. The Balaban J connectivity index is 2.27. The number of hydrogen-bond acceptors (Lipinski definition) is 3. The van der Waals surface area contributed by atoms with Crippen LogP contribution in [0.15, 0.2) is 64.0 Å². The number of hydrogen-bond donors (Lipinski definition) is 0. The van der Waals surface area contributed by atoms with Crippen LogP contribution >= 0.6 is 0 Å². The second kappa shape index (κ2) is 9.50.